The van der Waals surface area contributed by atoms with Crippen molar-refractivity contribution >= 4 is 16.7 Å². The summed E-state index contributed by atoms with van der Waals surface area (Å²) in [5, 5.41) is 5.45. The second-order valence-corrected chi connectivity index (χ2v) is 4.07. The standard InChI is InChI=1S/C7H16N2O2S/c1-8-6-7(10)9-4-3-5-12(2)11/h8H,3-6H2,1-2H3,(H,9,10). The van der Waals surface area contributed by atoms with Crippen LogP contribution in [0.3, 0.4) is 0 Å². The normalized spacial score (nSPS) is 12.5. The van der Waals surface area contributed by atoms with E-state index >= 15 is 0 Å². The topological polar surface area (TPSA) is 58.2 Å². The number of carbonyl (C=O) groups excluding carboxylic acids is 1. The molecule has 72 valence electrons. The molecule has 1 unspecified atom stereocenters. The van der Waals surface area contributed by atoms with Crippen LogP contribution in [-0.4, -0.2) is 42.3 Å². The van der Waals surface area contributed by atoms with Crippen molar-refractivity contribution in [3.8, 4) is 0 Å². The molecule has 12 heavy (non-hydrogen) atoms. The third-order valence-electron chi connectivity index (χ3n) is 1.27. The number of rotatable bonds is 6. The van der Waals surface area contributed by atoms with E-state index in [1.165, 1.54) is 0 Å². The SMILES string of the molecule is CNCC(=O)NCCCS(C)=O. The summed E-state index contributed by atoms with van der Waals surface area (Å²) < 4.78 is 10.6. The van der Waals surface area contributed by atoms with Crippen LogP contribution in [0.1, 0.15) is 6.42 Å². The van der Waals surface area contributed by atoms with Gasteiger partial charge in [0, 0.05) is 29.4 Å². The molecule has 0 bridgehead atoms. The van der Waals surface area contributed by atoms with E-state index < -0.39 is 10.8 Å². The van der Waals surface area contributed by atoms with Gasteiger partial charge in [0.2, 0.25) is 5.91 Å². The van der Waals surface area contributed by atoms with Crippen LogP contribution in [0.2, 0.25) is 0 Å². The van der Waals surface area contributed by atoms with Crippen molar-refractivity contribution in [2.75, 3.05) is 32.1 Å². The lowest BCUT2D eigenvalue weighted by molar-refractivity contribution is -0.120. The molecular formula is C7H16N2O2S. The van der Waals surface area contributed by atoms with Gasteiger partial charge >= 0.3 is 0 Å². The van der Waals surface area contributed by atoms with E-state index in [4.69, 9.17) is 0 Å². The van der Waals surface area contributed by atoms with E-state index in [1.54, 1.807) is 13.3 Å². The Morgan fingerprint density at radius 2 is 2.17 bits per heavy atom. The molecule has 0 saturated heterocycles. The van der Waals surface area contributed by atoms with Gasteiger partial charge in [-0.15, -0.1) is 0 Å². The summed E-state index contributed by atoms with van der Waals surface area (Å²) in [5.41, 5.74) is 0. The summed E-state index contributed by atoms with van der Waals surface area (Å²) in [6.45, 7) is 0.954. The van der Waals surface area contributed by atoms with Crippen LogP contribution in [0.25, 0.3) is 0 Å². The predicted molar refractivity (Wildman–Crippen MR) is 50.5 cm³/mol. The molecule has 0 rings (SSSR count). The van der Waals surface area contributed by atoms with Crippen LogP contribution >= 0.6 is 0 Å². The molecular weight excluding hydrogens is 176 g/mol. The third-order valence-corrected chi connectivity index (χ3v) is 2.13. The van der Waals surface area contributed by atoms with E-state index in [9.17, 15) is 9.00 Å². The molecule has 0 aromatic heterocycles. The first-order valence-electron chi connectivity index (χ1n) is 3.88. The highest BCUT2D eigenvalue weighted by Crippen LogP contribution is 1.80. The largest absolute Gasteiger partial charge is 0.355 e. The maximum atomic E-state index is 10.8. The molecule has 0 spiro atoms. The fourth-order valence-corrected chi connectivity index (χ4v) is 1.28. The van der Waals surface area contributed by atoms with Gasteiger partial charge in [-0.3, -0.25) is 9.00 Å². The Morgan fingerprint density at radius 3 is 2.67 bits per heavy atom. The van der Waals surface area contributed by atoms with Gasteiger partial charge in [0.15, 0.2) is 0 Å². The van der Waals surface area contributed by atoms with Crippen LogP contribution in [0.5, 0.6) is 0 Å². The van der Waals surface area contributed by atoms with Gasteiger partial charge in [-0.05, 0) is 13.5 Å². The Balaban J connectivity index is 3.19. The van der Waals surface area contributed by atoms with Crippen molar-refractivity contribution < 1.29 is 9.00 Å². The zero-order valence-corrected chi connectivity index (χ0v) is 8.37. The molecule has 0 aliphatic carbocycles. The highest BCUT2D eigenvalue weighted by molar-refractivity contribution is 7.84. The fourth-order valence-electron chi connectivity index (χ4n) is 0.726. The minimum Gasteiger partial charge on any atom is -0.355 e. The second kappa shape index (κ2) is 7.24. The monoisotopic (exact) mass is 192 g/mol. The highest BCUT2D eigenvalue weighted by Gasteiger charge is 1.97. The minimum atomic E-state index is -0.751. The average molecular weight is 192 g/mol. The first-order chi connectivity index (χ1) is 5.66. The van der Waals surface area contributed by atoms with Crippen molar-refractivity contribution in [3.63, 3.8) is 0 Å². The fraction of sp³-hybridized carbons (Fsp3) is 0.857. The second-order valence-electron chi connectivity index (χ2n) is 2.51. The van der Waals surface area contributed by atoms with Crippen molar-refractivity contribution in [1.82, 2.24) is 10.6 Å². The molecule has 2 N–H and O–H groups in total. The quantitative estimate of drug-likeness (QED) is 0.536. The van der Waals surface area contributed by atoms with Gasteiger partial charge in [-0.1, -0.05) is 0 Å². The lowest BCUT2D eigenvalue weighted by Gasteiger charge is -2.02. The summed E-state index contributed by atoms with van der Waals surface area (Å²) >= 11 is 0. The molecule has 0 aromatic rings. The van der Waals surface area contributed by atoms with Crippen LogP contribution in [0, 0.1) is 0 Å². The smallest absolute Gasteiger partial charge is 0.233 e. The van der Waals surface area contributed by atoms with E-state index in [2.05, 4.69) is 10.6 Å². The highest BCUT2D eigenvalue weighted by atomic mass is 32.2. The lowest BCUT2D eigenvalue weighted by Crippen LogP contribution is -2.33. The summed E-state index contributed by atoms with van der Waals surface area (Å²) in [7, 11) is 0.972. The van der Waals surface area contributed by atoms with Crippen LogP contribution in [0.4, 0.5) is 0 Å². The summed E-state index contributed by atoms with van der Waals surface area (Å²) in [6, 6.07) is 0. The van der Waals surface area contributed by atoms with Gasteiger partial charge in [0.05, 0.1) is 6.54 Å². The summed E-state index contributed by atoms with van der Waals surface area (Å²) in [6.07, 6.45) is 2.44. The van der Waals surface area contributed by atoms with E-state index in [-0.39, 0.29) is 5.91 Å². The number of hydrogen-bond acceptors (Lipinski definition) is 3. The zero-order valence-electron chi connectivity index (χ0n) is 7.55. The Labute approximate surface area is 75.6 Å². The van der Waals surface area contributed by atoms with Gasteiger partial charge in [-0.25, -0.2) is 0 Å². The molecule has 0 radical (unpaired) electrons. The number of nitrogens with one attached hydrogen (secondary N) is 2. The Bertz CT molecular complexity index is 161. The third kappa shape index (κ3) is 7.68. The van der Waals surface area contributed by atoms with Gasteiger partial charge in [-0.2, -0.15) is 0 Å². The van der Waals surface area contributed by atoms with Crippen molar-refractivity contribution in [1.29, 1.82) is 0 Å². The molecule has 0 aromatic carbocycles. The molecule has 0 fully saturated rings. The van der Waals surface area contributed by atoms with Crippen molar-refractivity contribution in [2.45, 2.75) is 6.42 Å². The van der Waals surface area contributed by atoms with Crippen LogP contribution < -0.4 is 10.6 Å². The molecule has 1 atom stereocenters. The summed E-state index contributed by atoms with van der Waals surface area (Å²) in [4.78, 5) is 10.8. The predicted octanol–water partition coefficient (Wildman–Crippen LogP) is -0.909. The number of carbonyl (C=O) groups is 1. The zero-order chi connectivity index (χ0) is 9.40. The molecule has 0 aliphatic rings. The number of likely N-dealkylation sites (N-methyl/N-ethyl adjacent to an activating group) is 1. The van der Waals surface area contributed by atoms with Crippen LogP contribution in [0.15, 0.2) is 0 Å². The van der Waals surface area contributed by atoms with Gasteiger partial charge in [0.1, 0.15) is 0 Å². The van der Waals surface area contributed by atoms with Crippen molar-refractivity contribution in [2.24, 2.45) is 0 Å². The molecule has 0 saturated carbocycles. The van der Waals surface area contributed by atoms with Gasteiger partial charge in [0.25, 0.3) is 0 Å². The van der Waals surface area contributed by atoms with Crippen LogP contribution in [-0.2, 0) is 15.6 Å². The Kier molecular flexibility index (Phi) is 6.99. The Morgan fingerprint density at radius 1 is 1.50 bits per heavy atom. The molecule has 0 heterocycles. The number of hydrogen-bond donors (Lipinski definition) is 2. The molecule has 1 amide bonds. The molecule has 0 aliphatic heterocycles. The first-order valence-corrected chi connectivity index (χ1v) is 5.61. The maximum absolute atomic E-state index is 10.8. The average Bonchev–Trinajstić information content (AvgIpc) is 1.98. The molecule has 5 heteroatoms. The number of amides is 1. The Hall–Kier alpha value is -0.420. The summed E-state index contributed by atoms with van der Waals surface area (Å²) in [5.74, 6) is 0.638. The van der Waals surface area contributed by atoms with Gasteiger partial charge < -0.3 is 10.6 Å². The minimum absolute atomic E-state index is 0.0145. The van der Waals surface area contributed by atoms with E-state index in [1.807, 2.05) is 0 Å². The first kappa shape index (κ1) is 11.6. The maximum Gasteiger partial charge on any atom is 0.233 e. The lowest BCUT2D eigenvalue weighted by atomic mass is 10.4. The van der Waals surface area contributed by atoms with E-state index in [0.717, 1.165) is 6.42 Å². The van der Waals surface area contributed by atoms with E-state index in [0.29, 0.717) is 18.8 Å². The van der Waals surface area contributed by atoms with Crippen molar-refractivity contribution in [3.05, 3.63) is 0 Å². The molecule has 4 nitrogen and oxygen atoms in total.